The number of nitrogens with zero attached hydrogens (tertiary/aromatic N) is 4. The molecule has 5 aromatic carbocycles. The van der Waals surface area contributed by atoms with Crippen LogP contribution in [0.5, 0.6) is 11.5 Å². The predicted molar refractivity (Wildman–Crippen MR) is 220 cm³/mol. The molecule has 0 aliphatic carbocycles. The van der Waals surface area contributed by atoms with Gasteiger partial charge >= 0.3 is 0 Å². The van der Waals surface area contributed by atoms with E-state index in [1.54, 1.807) is 0 Å². The van der Waals surface area contributed by atoms with Crippen molar-refractivity contribution < 1.29 is 25.8 Å². The molecule has 1 aliphatic heterocycles. The van der Waals surface area contributed by atoms with Gasteiger partial charge in [-0.2, -0.15) is 6.07 Å². The standard InChI is InChI=1S/C48H47N4O.Pt/c1-46(2,3)32-16-14-17-34(26-32)50-31-51(42-23-13-12-22-41(42)50)35-18-15-19-36(28-35)53-37-29-39(48(7,8)9)45-38-20-10-11-21-40(38)52(43(45)30-37)44-27-33(24-25-49-44)47(4,5)6;/h10-27,29,31H,1-9H3;/q-3;. The molecule has 0 unspecified atom stereocenters. The maximum atomic E-state index is 6.74. The predicted octanol–water partition coefficient (Wildman–Crippen LogP) is 12.9. The number of ether oxygens (including phenoxy) is 1. The summed E-state index contributed by atoms with van der Waals surface area (Å²) in [6.45, 7) is 22.4. The van der Waals surface area contributed by atoms with Crippen LogP contribution in [-0.4, -0.2) is 9.55 Å². The Kier molecular flexibility index (Phi) is 9.55. The maximum Gasteiger partial charge on any atom is 0.135 e. The van der Waals surface area contributed by atoms with Crippen LogP contribution in [0.25, 0.3) is 27.6 Å². The molecule has 0 amide bonds. The normalized spacial score (nSPS) is 13.4. The van der Waals surface area contributed by atoms with Gasteiger partial charge in [0.05, 0.1) is 0 Å². The van der Waals surface area contributed by atoms with E-state index < -0.39 is 0 Å². The average molecular weight is 891 g/mol. The molecule has 0 atom stereocenters. The van der Waals surface area contributed by atoms with Crippen LogP contribution in [0.4, 0.5) is 22.7 Å². The number of para-hydroxylation sites is 3. The number of anilines is 4. The summed E-state index contributed by atoms with van der Waals surface area (Å²) in [7, 11) is 0. The molecule has 6 heteroatoms. The summed E-state index contributed by atoms with van der Waals surface area (Å²) in [6.07, 6.45) is 1.91. The van der Waals surface area contributed by atoms with Gasteiger partial charge in [0, 0.05) is 61.3 Å². The second kappa shape index (κ2) is 13.8. The van der Waals surface area contributed by atoms with Crippen molar-refractivity contribution in [2.45, 2.75) is 78.6 Å². The van der Waals surface area contributed by atoms with Crippen molar-refractivity contribution in [1.82, 2.24) is 9.55 Å². The zero-order valence-corrected chi connectivity index (χ0v) is 34.8. The van der Waals surface area contributed by atoms with Gasteiger partial charge in [-0.05, 0) is 75.2 Å². The van der Waals surface area contributed by atoms with E-state index in [1.807, 2.05) is 18.3 Å². The van der Waals surface area contributed by atoms with Gasteiger partial charge < -0.3 is 19.1 Å². The van der Waals surface area contributed by atoms with Crippen LogP contribution in [0.1, 0.15) is 79.0 Å². The molecule has 3 heterocycles. The summed E-state index contributed by atoms with van der Waals surface area (Å²) in [5.41, 5.74) is 9.80. The van der Waals surface area contributed by atoms with E-state index in [0.29, 0.717) is 11.5 Å². The van der Waals surface area contributed by atoms with Crippen LogP contribution in [0, 0.1) is 18.8 Å². The first kappa shape index (κ1) is 37.5. The fourth-order valence-corrected chi connectivity index (χ4v) is 7.26. The van der Waals surface area contributed by atoms with Gasteiger partial charge in [-0.1, -0.05) is 116 Å². The van der Waals surface area contributed by atoms with Crippen molar-refractivity contribution in [2.75, 3.05) is 9.80 Å². The fraction of sp³-hybridized carbons (Fsp3) is 0.250. The topological polar surface area (TPSA) is 33.5 Å². The van der Waals surface area contributed by atoms with Crippen LogP contribution in [-0.2, 0) is 37.3 Å². The fourth-order valence-electron chi connectivity index (χ4n) is 7.26. The molecule has 278 valence electrons. The Balaban J connectivity index is 0.00000450. The van der Waals surface area contributed by atoms with Gasteiger partial charge in [0.2, 0.25) is 0 Å². The third kappa shape index (κ3) is 6.84. The van der Waals surface area contributed by atoms with E-state index in [1.165, 1.54) is 27.5 Å². The molecule has 0 radical (unpaired) electrons. The molecule has 1 aliphatic rings. The van der Waals surface area contributed by atoms with Crippen LogP contribution in [0.15, 0.2) is 115 Å². The minimum atomic E-state index is -0.172. The van der Waals surface area contributed by atoms with Crippen LogP contribution in [0.2, 0.25) is 0 Å². The van der Waals surface area contributed by atoms with Gasteiger partial charge in [0.15, 0.2) is 0 Å². The number of rotatable bonds is 5. The van der Waals surface area contributed by atoms with Crippen molar-refractivity contribution >= 4 is 44.6 Å². The Labute approximate surface area is 334 Å². The molecule has 2 aromatic heterocycles. The van der Waals surface area contributed by atoms with Crippen molar-refractivity contribution in [3.8, 4) is 17.3 Å². The smallest absolute Gasteiger partial charge is 0.135 e. The SMILES string of the molecule is CC(C)(C)c1cccc(N2[CH-]N(c3[c-]c(Oc4[c-]c5c(c(C(C)(C)C)c4)c4ccccc4n5-c4cc(C(C)(C)C)ccn4)ccc3)c3ccccc32)c1.[Pt]. The molecule has 54 heavy (non-hydrogen) atoms. The van der Waals surface area contributed by atoms with Crippen molar-refractivity contribution in [1.29, 1.82) is 0 Å². The minimum Gasteiger partial charge on any atom is -0.509 e. The second-order valence-corrected chi connectivity index (χ2v) is 17.2. The number of aromatic nitrogens is 2. The molecule has 0 N–H and O–H groups in total. The molecular weight excluding hydrogens is 844 g/mol. The molecule has 0 saturated heterocycles. The number of hydrogen-bond acceptors (Lipinski definition) is 4. The summed E-state index contributed by atoms with van der Waals surface area (Å²) in [6, 6.07) is 45.7. The first-order valence-electron chi connectivity index (χ1n) is 18.5. The maximum absolute atomic E-state index is 6.74. The zero-order chi connectivity index (χ0) is 37.3. The number of pyridine rings is 1. The third-order valence-electron chi connectivity index (χ3n) is 10.2. The molecule has 0 fully saturated rings. The Hall–Kier alpha value is -4.86. The number of hydrogen-bond donors (Lipinski definition) is 0. The first-order valence-corrected chi connectivity index (χ1v) is 18.5. The van der Waals surface area contributed by atoms with E-state index in [4.69, 9.17) is 9.72 Å². The minimum absolute atomic E-state index is 0. The van der Waals surface area contributed by atoms with E-state index in [0.717, 1.165) is 39.6 Å². The average Bonchev–Trinajstić information content (AvgIpc) is 3.67. The molecule has 5 nitrogen and oxygen atoms in total. The van der Waals surface area contributed by atoms with Gasteiger partial charge in [-0.15, -0.1) is 48.3 Å². The summed E-state index contributed by atoms with van der Waals surface area (Å²) in [5, 5.41) is 2.34. The molecule has 0 spiro atoms. The van der Waals surface area contributed by atoms with Crippen molar-refractivity contribution in [3.63, 3.8) is 0 Å². The largest absolute Gasteiger partial charge is 0.509 e. The molecule has 8 rings (SSSR count). The van der Waals surface area contributed by atoms with Gasteiger partial charge in [-0.25, -0.2) is 4.98 Å². The van der Waals surface area contributed by atoms with E-state index >= 15 is 0 Å². The van der Waals surface area contributed by atoms with Crippen molar-refractivity contribution in [3.05, 3.63) is 151 Å². The van der Waals surface area contributed by atoms with E-state index in [9.17, 15) is 0 Å². The summed E-state index contributed by atoms with van der Waals surface area (Å²) >= 11 is 0. The Bertz CT molecular complexity index is 2490. The van der Waals surface area contributed by atoms with Gasteiger partial charge in [0.25, 0.3) is 0 Å². The monoisotopic (exact) mass is 890 g/mol. The van der Waals surface area contributed by atoms with Crippen LogP contribution in [0.3, 0.4) is 0 Å². The Morgan fingerprint density at radius 2 is 1.28 bits per heavy atom. The van der Waals surface area contributed by atoms with Gasteiger partial charge in [0.1, 0.15) is 5.82 Å². The van der Waals surface area contributed by atoms with E-state index in [-0.39, 0.29) is 37.3 Å². The summed E-state index contributed by atoms with van der Waals surface area (Å²) < 4.78 is 8.98. The summed E-state index contributed by atoms with van der Waals surface area (Å²) in [5.74, 6) is 2.12. The molecular formula is C48H47N4OPt-3. The van der Waals surface area contributed by atoms with E-state index in [2.05, 4.69) is 193 Å². The first-order chi connectivity index (χ1) is 25.2. The number of benzene rings is 5. The third-order valence-corrected chi connectivity index (χ3v) is 10.2. The molecule has 0 saturated carbocycles. The van der Waals surface area contributed by atoms with Gasteiger partial charge in [-0.3, -0.25) is 0 Å². The second-order valence-electron chi connectivity index (χ2n) is 17.2. The van der Waals surface area contributed by atoms with Crippen LogP contribution < -0.4 is 14.5 Å². The quantitative estimate of drug-likeness (QED) is 0.161. The Morgan fingerprint density at radius 1 is 0.611 bits per heavy atom. The zero-order valence-electron chi connectivity index (χ0n) is 32.6. The van der Waals surface area contributed by atoms with Crippen molar-refractivity contribution in [2.24, 2.45) is 0 Å². The number of fused-ring (bicyclic) bond motifs is 4. The van der Waals surface area contributed by atoms with Crippen LogP contribution >= 0.6 is 0 Å². The molecule has 0 bridgehead atoms. The summed E-state index contributed by atoms with van der Waals surface area (Å²) in [4.78, 5) is 9.34. The molecule has 7 aromatic rings. The Morgan fingerprint density at radius 3 is 2.00 bits per heavy atom.